The van der Waals surface area contributed by atoms with Crippen LogP contribution >= 0.6 is 0 Å². The Balaban J connectivity index is 1.20. The predicted octanol–water partition coefficient (Wildman–Crippen LogP) is 12.5. The predicted molar refractivity (Wildman–Crippen MR) is 205 cm³/mol. The van der Waals surface area contributed by atoms with Crippen LogP contribution in [-0.4, -0.2) is 9.13 Å². The van der Waals surface area contributed by atoms with E-state index in [-0.39, 0.29) is 5.41 Å². The first-order valence-electron chi connectivity index (χ1n) is 16.8. The SMILES string of the molecule is CC(C)(C)c1ccc(-c2ccc(-n3c4ccccc4c4cc(-c5cccc6c7ccccc7n(-c7ccccc7)c56)ccc43)cc2)cc1. The molecular formula is C46H36N2. The second kappa shape index (κ2) is 10.9. The van der Waals surface area contributed by atoms with Gasteiger partial charge in [-0.3, -0.25) is 0 Å². The third kappa shape index (κ3) is 4.48. The van der Waals surface area contributed by atoms with Gasteiger partial charge in [0.25, 0.3) is 0 Å². The molecule has 48 heavy (non-hydrogen) atoms. The number of hydrogen-bond donors (Lipinski definition) is 0. The largest absolute Gasteiger partial charge is 0.309 e. The molecule has 0 fully saturated rings. The molecule has 0 amide bonds. The zero-order valence-corrected chi connectivity index (χ0v) is 27.5. The van der Waals surface area contributed by atoms with Gasteiger partial charge < -0.3 is 9.13 Å². The van der Waals surface area contributed by atoms with Gasteiger partial charge in [-0.15, -0.1) is 0 Å². The maximum atomic E-state index is 2.42. The molecule has 0 atom stereocenters. The number of para-hydroxylation sites is 4. The van der Waals surface area contributed by atoms with Crippen LogP contribution in [0, 0.1) is 0 Å². The standard InChI is InChI=1S/C46H36N2/c1-46(2,3)34-25-20-31(21-26-34)32-22-27-36(28-23-32)47-42-18-9-8-15-39(42)41-30-33(24-29-44(41)47)37-16-11-17-40-38-14-7-10-19-43(38)48(45(37)40)35-12-5-4-6-13-35/h4-30H,1-3H3. The first-order valence-corrected chi connectivity index (χ1v) is 16.8. The Morgan fingerprint density at radius 2 is 0.896 bits per heavy atom. The number of aromatic nitrogens is 2. The Morgan fingerprint density at radius 3 is 1.58 bits per heavy atom. The van der Waals surface area contributed by atoms with Crippen molar-refractivity contribution in [1.82, 2.24) is 9.13 Å². The third-order valence-electron chi connectivity index (χ3n) is 9.90. The molecule has 0 aliphatic heterocycles. The summed E-state index contributed by atoms with van der Waals surface area (Å²) in [4.78, 5) is 0. The van der Waals surface area contributed by atoms with E-state index in [0.29, 0.717) is 0 Å². The molecule has 0 radical (unpaired) electrons. The number of fused-ring (bicyclic) bond motifs is 6. The van der Waals surface area contributed by atoms with Crippen molar-refractivity contribution in [2.24, 2.45) is 0 Å². The van der Waals surface area contributed by atoms with E-state index in [1.807, 2.05) is 0 Å². The number of hydrogen-bond acceptors (Lipinski definition) is 0. The summed E-state index contributed by atoms with van der Waals surface area (Å²) in [6.45, 7) is 6.78. The lowest BCUT2D eigenvalue weighted by Crippen LogP contribution is -2.10. The maximum absolute atomic E-state index is 2.42. The number of rotatable bonds is 4. The summed E-state index contributed by atoms with van der Waals surface area (Å²) in [6, 6.07) is 60.0. The average Bonchev–Trinajstić information content (AvgIpc) is 3.65. The van der Waals surface area contributed by atoms with E-state index in [1.54, 1.807) is 0 Å². The van der Waals surface area contributed by atoms with Gasteiger partial charge in [0.15, 0.2) is 0 Å². The van der Waals surface area contributed by atoms with Gasteiger partial charge in [0, 0.05) is 38.5 Å². The van der Waals surface area contributed by atoms with Gasteiger partial charge in [-0.2, -0.15) is 0 Å². The Morgan fingerprint density at radius 1 is 0.375 bits per heavy atom. The summed E-state index contributed by atoms with van der Waals surface area (Å²) >= 11 is 0. The first kappa shape index (κ1) is 28.4. The molecule has 0 bridgehead atoms. The maximum Gasteiger partial charge on any atom is 0.0619 e. The van der Waals surface area contributed by atoms with Gasteiger partial charge in [-0.05, 0) is 76.2 Å². The Kier molecular flexibility index (Phi) is 6.42. The van der Waals surface area contributed by atoms with Gasteiger partial charge in [0.1, 0.15) is 0 Å². The lowest BCUT2D eigenvalue weighted by molar-refractivity contribution is 0.590. The van der Waals surface area contributed by atoms with Crippen LogP contribution in [0.15, 0.2) is 164 Å². The van der Waals surface area contributed by atoms with Crippen molar-refractivity contribution < 1.29 is 0 Å². The minimum Gasteiger partial charge on any atom is -0.309 e. The molecule has 7 aromatic carbocycles. The van der Waals surface area contributed by atoms with Crippen molar-refractivity contribution in [3.8, 4) is 33.6 Å². The van der Waals surface area contributed by atoms with E-state index >= 15 is 0 Å². The number of benzene rings is 7. The smallest absolute Gasteiger partial charge is 0.0619 e. The molecular weight excluding hydrogens is 581 g/mol. The summed E-state index contributed by atoms with van der Waals surface area (Å²) in [6.07, 6.45) is 0. The Bertz CT molecular complexity index is 2610. The van der Waals surface area contributed by atoms with Gasteiger partial charge in [-0.1, -0.05) is 136 Å². The second-order valence-corrected chi connectivity index (χ2v) is 13.8. The van der Waals surface area contributed by atoms with Crippen molar-refractivity contribution in [2.75, 3.05) is 0 Å². The molecule has 0 unspecified atom stereocenters. The van der Waals surface area contributed by atoms with Crippen molar-refractivity contribution in [3.05, 3.63) is 169 Å². The monoisotopic (exact) mass is 616 g/mol. The zero-order valence-electron chi connectivity index (χ0n) is 27.5. The number of nitrogens with zero attached hydrogens (tertiary/aromatic N) is 2. The van der Waals surface area contributed by atoms with E-state index in [4.69, 9.17) is 0 Å². The molecule has 0 saturated heterocycles. The highest BCUT2D eigenvalue weighted by Gasteiger charge is 2.19. The molecule has 2 nitrogen and oxygen atoms in total. The van der Waals surface area contributed by atoms with E-state index in [9.17, 15) is 0 Å². The van der Waals surface area contributed by atoms with Crippen molar-refractivity contribution in [3.63, 3.8) is 0 Å². The summed E-state index contributed by atoms with van der Waals surface area (Å²) in [7, 11) is 0. The summed E-state index contributed by atoms with van der Waals surface area (Å²) in [5.74, 6) is 0. The lowest BCUT2D eigenvalue weighted by atomic mass is 9.86. The molecule has 2 aromatic heterocycles. The topological polar surface area (TPSA) is 9.86 Å². The van der Waals surface area contributed by atoms with Crippen LogP contribution in [0.5, 0.6) is 0 Å². The summed E-state index contributed by atoms with van der Waals surface area (Å²) in [5, 5.41) is 5.04. The first-order chi connectivity index (χ1) is 23.5. The minimum absolute atomic E-state index is 0.144. The van der Waals surface area contributed by atoms with Crippen LogP contribution in [-0.2, 0) is 5.41 Å². The third-order valence-corrected chi connectivity index (χ3v) is 9.90. The highest BCUT2D eigenvalue weighted by molar-refractivity contribution is 6.15. The lowest BCUT2D eigenvalue weighted by Gasteiger charge is -2.19. The van der Waals surface area contributed by atoms with Crippen LogP contribution in [0.1, 0.15) is 26.3 Å². The fraction of sp³-hybridized carbons (Fsp3) is 0.0870. The zero-order chi connectivity index (χ0) is 32.4. The molecule has 0 saturated carbocycles. The fourth-order valence-electron chi connectivity index (χ4n) is 7.48. The van der Waals surface area contributed by atoms with Gasteiger partial charge in [0.05, 0.1) is 22.1 Å². The van der Waals surface area contributed by atoms with Crippen LogP contribution < -0.4 is 0 Å². The quantitative estimate of drug-likeness (QED) is 0.186. The molecule has 9 aromatic rings. The summed E-state index contributed by atoms with van der Waals surface area (Å²) < 4.78 is 4.83. The normalized spacial score (nSPS) is 12.1. The molecule has 9 rings (SSSR count). The van der Waals surface area contributed by atoms with Crippen LogP contribution in [0.2, 0.25) is 0 Å². The highest BCUT2D eigenvalue weighted by Crippen LogP contribution is 2.41. The summed E-state index contributed by atoms with van der Waals surface area (Å²) in [5.41, 5.74) is 13.6. The van der Waals surface area contributed by atoms with Crippen molar-refractivity contribution in [2.45, 2.75) is 26.2 Å². The van der Waals surface area contributed by atoms with Crippen molar-refractivity contribution in [1.29, 1.82) is 0 Å². The Labute approximate surface area is 281 Å². The molecule has 230 valence electrons. The average molecular weight is 617 g/mol. The molecule has 0 spiro atoms. The van der Waals surface area contributed by atoms with E-state index in [0.717, 1.165) is 5.69 Å². The van der Waals surface area contributed by atoms with Gasteiger partial charge in [0.2, 0.25) is 0 Å². The highest BCUT2D eigenvalue weighted by atomic mass is 15.0. The van der Waals surface area contributed by atoms with E-state index in [2.05, 4.69) is 194 Å². The van der Waals surface area contributed by atoms with Crippen LogP contribution in [0.3, 0.4) is 0 Å². The molecule has 0 aliphatic rings. The van der Waals surface area contributed by atoms with Crippen LogP contribution in [0.25, 0.3) is 77.2 Å². The van der Waals surface area contributed by atoms with Crippen LogP contribution in [0.4, 0.5) is 0 Å². The van der Waals surface area contributed by atoms with Gasteiger partial charge >= 0.3 is 0 Å². The van der Waals surface area contributed by atoms with Gasteiger partial charge in [-0.25, -0.2) is 0 Å². The minimum atomic E-state index is 0.144. The van der Waals surface area contributed by atoms with E-state index in [1.165, 1.54) is 77.1 Å². The molecule has 2 heteroatoms. The Hall–Kier alpha value is -5.86. The molecule has 2 heterocycles. The van der Waals surface area contributed by atoms with Crippen molar-refractivity contribution >= 4 is 43.6 Å². The van der Waals surface area contributed by atoms with E-state index < -0.39 is 0 Å². The molecule has 0 N–H and O–H groups in total. The molecule has 0 aliphatic carbocycles. The second-order valence-electron chi connectivity index (χ2n) is 13.8. The fourth-order valence-corrected chi connectivity index (χ4v) is 7.48.